The fourth-order valence-corrected chi connectivity index (χ4v) is 1.73. The number of ether oxygens (including phenoxy) is 4. The molecule has 0 fully saturated rings. The fraction of sp³-hybridized carbons (Fsp3) is 0.400. The first-order valence-corrected chi connectivity index (χ1v) is 7.72. The average Bonchev–Trinajstić information content (AvgIpc) is 3.05. The summed E-state index contributed by atoms with van der Waals surface area (Å²) in [6.45, 7) is 3.36. The van der Waals surface area contributed by atoms with Crippen LogP contribution < -0.4 is 10.6 Å². The Hall–Kier alpha value is -3.57. The topological polar surface area (TPSA) is 147 Å². The Kier molecular flexibility index (Phi) is 8.29. The van der Waals surface area contributed by atoms with Crippen LogP contribution in [0.3, 0.4) is 0 Å². The monoisotopic (exact) mass is 384 g/mol. The van der Waals surface area contributed by atoms with E-state index in [1.54, 1.807) is 13.8 Å². The van der Waals surface area contributed by atoms with Crippen LogP contribution >= 0.6 is 0 Å². The number of carbonyl (C=O) groups excluding carboxylic acids is 4. The summed E-state index contributed by atoms with van der Waals surface area (Å²) in [7, 11) is 2.18. The average molecular weight is 384 g/mol. The summed E-state index contributed by atoms with van der Waals surface area (Å²) in [6, 6.07) is 2.56. The summed E-state index contributed by atoms with van der Waals surface area (Å²) in [5, 5.41) is 8.15. The van der Waals surface area contributed by atoms with Gasteiger partial charge < -0.3 is 18.9 Å². The molecule has 1 rings (SSSR count). The minimum Gasteiger partial charge on any atom is -0.461 e. The largest absolute Gasteiger partial charge is 0.461 e. The molecule has 12 nitrogen and oxygen atoms in total. The van der Waals surface area contributed by atoms with Crippen molar-refractivity contribution in [2.75, 3.05) is 27.4 Å². The summed E-state index contributed by atoms with van der Waals surface area (Å²) < 4.78 is 19.5. The summed E-state index contributed by atoms with van der Waals surface area (Å²) in [5.41, 5.74) is -0.286. The van der Waals surface area contributed by atoms with Crippen LogP contribution in [-0.2, 0) is 18.9 Å². The Bertz CT molecular complexity index is 685. The first-order valence-electron chi connectivity index (χ1n) is 7.72. The molecule has 0 bridgehead atoms. The van der Waals surface area contributed by atoms with Crippen LogP contribution in [0.4, 0.5) is 9.59 Å². The van der Waals surface area contributed by atoms with E-state index in [9.17, 15) is 19.2 Å². The van der Waals surface area contributed by atoms with E-state index in [0.29, 0.717) is 0 Å². The third kappa shape index (κ3) is 6.02. The quantitative estimate of drug-likeness (QED) is 0.326. The van der Waals surface area contributed by atoms with Gasteiger partial charge in [0.15, 0.2) is 11.4 Å². The smallest absolute Gasteiger partial charge is 0.413 e. The van der Waals surface area contributed by atoms with Crippen molar-refractivity contribution in [3.63, 3.8) is 0 Å². The van der Waals surface area contributed by atoms with Crippen LogP contribution in [-0.4, -0.2) is 62.2 Å². The van der Waals surface area contributed by atoms with E-state index in [4.69, 9.17) is 9.47 Å². The van der Waals surface area contributed by atoms with E-state index < -0.39 is 30.1 Å². The Balaban J connectivity index is 3.44. The lowest BCUT2D eigenvalue weighted by molar-refractivity contribution is 0.0505. The third-order valence-electron chi connectivity index (χ3n) is 2.84. The molecule has 0 saturated heterocycles. The Morgan fingerprint density at radius 3 is 1.63 bits per heavy atom. The maximum absolute atomic E-state index is 12.1. The van der Waals surface area contributed by atoms with Crippen LogP contribution in [0.25, 0.3) is 0 Å². The molecule has 0 radical (unpaired) electrons. The van der Waals surface area contributed by atoms with E-state index in [1.807, 2.05) is 0 Å². The van der Waals surface area contributed by atoms with Crippen LogP contribution in [0, 0.1) is 0 Å². The minimum absolute atomic E-state index is 0.0795. The van der Waals surface area contributed by atoms with Crippen molar-refractivity contribution in [1.29, 1.82) is 0 Å². The molecule has 148 valence electrons. The Morgan fingerprint density at radius 2 is 1.30 bits per heavy atom. The molecule has 0 aliphatic rings. The number of methoxy groups -OCH3 is 2. The van der Waals surface area contributed by atoms with Crippen LogP contribution in [0.1, 0.15) is 34.8 Å². The van der Waals surface area contributed by atoms with Gasteiger partial charge in [-0.2, -0.15) is 0 Å². The maximum atomic E-state index is 12.1. The lowest BCUT2D eigenvalue weighted by atomic mass is 10.4. The van der Waals surface area contributed by atoms with E-state index in [1.165, 1.54) is 12.1 Å². The summed E-state index contributed by atoms with van der Waals surface area (Å²) >= 11 is 0. The molecule has 0 aliphatic carbocycles. The number of amides is 2. The van der Waals surface area contributed by atoms with Gasteiger partial charge >= 0.3 is 24.1 Å². The lowest BCUT2D eigenvalue weighted by Crippen LogP contribution is -2.44. The van der Waals surface area contributed by atoms with Crippen molar-refractivity contribution in [1.82, 2.24) is 15.3 Å². The van der Waals surface area contributed by atoms with Gasteiger partial charge in [0.05, 0.1) is 27.4 Å². The normalized spacial score (nSPS) is 9.63. The molecule has 12 heteroatoms. The Morgan fingerprint density at radius 1 is 0.889 bits per heavy atom. The van der Waals surface area contributed by atoms with Gasteiger partial charge in [-0.1, -0.05) is 0 Å². The predicted octanol–water partition coefficient (Wildman–Crippen LogP) is 0.673. The van der Waals surface area contributed by atoms with Crippen molar-refractivity contribution >= 4 is 30.1 Å². The fourth-order valence-electron chi connectivity index (χ4n) is 1.73. The third-order valence-corrected chi connectivity index (χ3v) is 2.84. The van der Waals surface area contributed by atoms with E-state index in [2.05, 4.69) is 25.2 Å². The van der Waals surface area contributed by atoms with Crippen LogP contribution in [0.2, 0.25) is 0 Å². The zero-order valence-corrected chi connectivity index (χ0v) is 15.2. The van der Waals surface area contributed by atoms with Crippen molar-refractivity contribution < 1.29 is 38.1 Å². The van der Waals surface area contributed by atoms with Crippen LogP contribution in [0.5, 0.6) is 0 Å². The number of rotatable bonds is 5. The Labute approximate surface area is 154 Å². The molecule has 0 unspecified atom stereocenters. The maximum Gasteiger partial charge on any atom is 0.413 e. The van der Waals surface area contributed by atoms with Crippen molar-refractivity contribution in [3.8, 4) is 0 Å². The van der Waals surface area contributed by atoms with Gasteiger partial charge in [-0.3, -0.25) is 10.6 Å². The predicted molar refractivity (Wildman–Crippen MR) is 90.3 cm³/mol. The first kappa shape index (κ1) is 21.5. The van der Waals surface area contributed by atoms with Crippen LogP contribution in [0.15, 0.2) is 17.2 Å². The standard InChI is InChI=1S/C15H20N4O8/c1-5-26-11(20)9-7-8-10(12(21)27-6-2)19(9)18-13(16-14(22)24-3)17-15(23)25-4/h7-8H,5-6H2,1-4H3,(H2,16,17,18,22,23). The zero-order valence-electron chi connectivity index (χ0n) is 15.2. The molecule has 2 amide bonds. The number of hydrogen-bond donors (Lipinski definition) is 2. The number of nitrogens with one attached hydrogen (secondary N) is 2. The highest BCUT2D eigenvalue weighted by atomic mass is 16.5. The molecule has 0 aromatic carbocycles. The molecule has 2 N–H and O–H groups in total. The summed E-state index contributed by atoms with van der Waals surface area (Å²) in [5.74, 6) is -2.04. The van der Waals surface area contributed by atoms with Gasteiger partial charge in [0.25, 0.3) is 0 Å². The number of esters is 2. The summed E-state index contributed by atoms with van der Waals surface area (Å²) in [6.07, 6.45) is -1.93. The second kappa shape index (κ2) is 10.4. The second-order valence-electron chi connectivity index (χ2n) is 4.54. The van der Waals surface area contributed by atoms with Gasteiger partial charge in [0.1, 0.15) is 0 Å². The summed E-state index contributed by atoms with van der Waals surface area (Å²) in [4.78, 5) is 47.1. The second-order valence-corrected chi connectivity index (χ2v) is 4.54. The molecule has 1 aromatic rings. The SMILES string of the molecule is CCOC(=O)c1ccc(C(=O)OCC)n1N=C(NC(=O)OC)NC(=O)OC. The highest BCUT2D eigenvalue weighted by Gasteiger charge is 2.22. The van der Waals surface area contributed by atoms with Gasteiger partial charge in [0, 0.05) is 0 Å². The molecule has 0 aliphatic heterocycles. The molecule has 0 saturated carbocycles. The minimum atomic E-state index is -0.965. The number of carbonyl (C=O) groups is 4. The number of hydrogen-bond acceptors (Lipinski definition) is 9. The molecule has 1 aromatic heterocycles. The van der Waals surface area contributed by atoms with E-state index in [0.717, 1.165) is 18.9 Å². The molecular formula is C15H20N4O8. The number of alkyl carbamates (subject to hydrolysis) is 2. The highest BCUT2D eigenvalue weighted by molar-refractivity contribution is 6.01. The molecule has 1 heterocycles. The van der Waals surface area contributed by atoms with Gasteiger partial charge in [-0.05, 0) is 26.0 Å². The number of nitrogens with zero attached hydrogens (tertiary/aromatic N) is 2. The van der Waals surface area contributed by atoms with Crippen molar-refractivity contribution in [3.05, 3.63) is 23.5 Å². The van der Waals surface area contributed by atoms with Gasteiger partial charge in [-0.25, -0.2) is 23.9 Å². The van der Waals surface area contributed by atoms with E-state index in [-0.39, 0.29) is 24.6 Å². The van der Waals surface area contributed by atoms with Gasteiger partial charge in [-0.15, -0.1) is 5.10 Å². The molecular weight excluding hydrogens is 364 g/mol. The first-order chi connectivity index (χ1) is 12.9. The lowest BCUT2D eigenvalue weighted by Gasteiger charge is -2.12. The van der Waals surface area contributed by atoms with E-state index >= 15 is 0 Å². The highest BCUT2D eigenvalue weighted by Crippen LogP contribution is 2.12. The van der Waals surface area contributed by atoms with Crippen molar-refractivity contribution in [2.24, 2.45) is 5.10 Å². The van der Waals surface area contributed by atoms with Crippen molar-refractivity contribution in [2.45, 2.75) is 13.8 Å². The zero-order chi connectivity index (χ0) is 20.4. The molecule has 0 atom stereocenters. The molecule has 0 spiro atoms. The molecule has 27 heavy (non-hydrogen) atoms. The number of aromatic nitrogens is 1. The number of guanidine groups is 1. The van der Waals surface area contributed by atoms with Gasteiger partial charge in [0.2, 0.25) is 5.96 Å².